The van der Waals surface area contributed by atoms with Gasteiger partial charge in [0.15, 0.2) is 0 Å². The Morgan fingerprint density at radius 2 is 2.06 bits per heavy atom. The zero-order chi connectivity index (χ0) is 12.8. The van der Waals surface area contributed by atoms with Crippen LogP contribution in [-0.2, 0) is 14.8 Å². The Bertz CT molecular complexity index is 691. The summed E-state index contributed by atoms with van der Waals surface area (Å²) in [6, 6.07) is 7.50. The molecule has 1 N–H and O–H groups in total. The molecule has 3 rings (SSSR count). The molecule has 1 aromatic carbocycles. The second kappa shape index (κ2) is 4.57. The maximum atomic E-state index is 12.2. The second-order valence-corrected chi connectivity index (χ2v) is 7.81. The fraction of sp³-hybridized carbons (Fsp3) is 0.273. The van der Waals surface area contributed by atoms with Crippen molar-refractivity contribution in [3.05, 3.63) is 28.7 Å². The van der Waals surface area contributed by atoms with Gasteiger partial charge in [0.2, 0.25) is 0 Å². The summed E-state index contributed by atoms with van der Waals surface area (Å²) in [4.78, 5) is 0. The van der Waals surface area contributed by atoms with Gasteiger partial charge in [0.1, 0.15) is 4.21 Å². The highest BCUT2D eigenvalue weighted by Crippen LogP contribution is 2.38. The zero-order valence-corrected chi connectivity index (χ0v) is 12.4. The van der Waals surface area contributed by atoms with E-state index in [2.05, 4.69) is 20.7 Å². The maximum absolute atomic E-state index is 12.2. The molecule has 0 amide bonds. The van der Waals surface area contributed by atoms with Crippen LogP contribution in [0.4, 0.5) is 0 Å². The minimum absolute atomic E-state index is 0.105. The minimum Gasteiger partial charge on any atom is -0.378 e. The average molecular weight is 348 g/mol. The number of thiophene rings is 1. The number of halogens is 1. The van der Waals surface area contributed by atoms with Crippen LogP contribution in [0.25, 0.3) is 10.1 Å². The van der Waals surface area contributed by atoms with Crippen LogP contribution in [0.2, 0.25) is 0 Å². The molecule has 96 valence electrons. The van der Waals surface area contributed by atoms with E-state index in [0.29, 0.717) is 21.9 Å². The Balaban J connectivity index is 2.05. The van der Waals surface area contributed by atoms with Gasteiger partial charge in [0, 0.05) is 10.1 Å². The predicted molar refractivity (Wildman–Crippen MR) is 74.5 cm³/mol. The minimum atomic E-state index is -3.47. The van der Waals surface area contributed by atoms with E-state index in [1.807, 2.05) is 24.3 Å². The van der Waals surface area contributed by atoms with Gasteiger partial charge in [-0.2, -0.15) is 0 Å². The Labute approximate surface area is 117 Å². The largest absolute Gasteiger partial charge is 0.378 e. The topological polar surface area (TPSA) is 55.4 Å². The third kappa shape index (κ3) is 2.10. The van der Waals surface area contributed by atoms with Crippen molar-refractivity contribution in [3.63, 3.8) is 0 Å². The summed E-state index contributed by atoms with van der Waals surface area (Å²) in [6.45, 7) is 0.892. The lowest BCUT2D eigenvalue weighted by Gasteiger charge is -2.26. The number of hydrogen-bond donors (Lipinski definition) is 1. The highest BCUT2D eigenvalue weighted by Gasteiger charge is 2.29. The summed E-state index contributed by atoms with van der Waals surface area (Å²) in [7, 11) is -3.47. The number of benzene rings is 1. The van der Waals surface area contributed by atoms with Gasteiger partial charge in [-0.3, -0.25) is 0 Å². The van der Waals surface area contributed by atoms with Crippen molar-refractivity contribution in [1.82, 2.24) is 4.72 Å². The molecule has 2 heterocycles. The summed E-state index contributed by atoms with van der Waals surface area (Å²) in [6.07, 6.45) is 0. The van der Waals surface area contributed by atoms with Gasteiger partial charge in [0.25, 0.3) is 10.0 Å². The third-order valence-electron chi connectivity index (χ3n) is 2.71. The van der Waals surface area contributed by atoms with Crippen LogP contribution < -0.4 is 4.72 Å². The van der Waals surface area contributed by atoms with E-state index in [-0.39, 0.29) is 6.04 Å². The molecule has 0 atom stereocenters. The molecule has 1 saturated heterocycles. The van der Waals surface area contributed by atoms with Crippen LogP contribution >= 0.6 is 27.3 Å². The highest BCUT2D eigenvalue weighted by atomic mass is 79.9. The third-order valence-corrected chi connectivity index (χ3v) is 7.27. The van der Waals surface area contributed by atoms with Crippen LogP contribution in [0.5, 0.6) is 0 Å². The van der Waals surface area contributed by atoms with Gasteiger partial charge in [0.05, 0.1) is 23.7 Å². The number of sulfonamides is 1. The Morgan fingerprint density at radius 3 is 2.67 bits per heavy atom. The summed E-state index contributed by atoms with van der Waals surface area (Å²) >= 11 is 4.65. The first kappa shape index (κ1) is 12.6. The Kier molecular flexibility index (Phi) is 3.19. The molecule has 1 fully saturated rings. The molecule has 1 aromatic heterocycles. The van der Waals surface area contributed by atoms with Crippen LogP contribution in [0.15, 0.2) is 32.9 Å². The van der Waals surface area contributed by atoms with E-state index in [9.17, 15) is 8.42 Å². The fourth-order valence-electron chi connectivity index (χ4n) is 1.74. The Morgan fingerprint density at radius 1 is 1.33 bits per heavy atom. The zero-order valence-electron chi connectivity index (χ0n) is 9.22. The lowest BCUT2D eigenvalue weighted by atomic mass is 10.3. The van der Waals surface area contributed by atoms with Gasteiger partial charge < -0.3 is 4.74 Å². The van der Waals surface area contributed by atoms with Gasteiger partial charge in [-0.1, -0.05) is 18.2 Å². The maximum Gasteiger partial charge on any atom is 0.251 e. The van der Waals surface area contributed by atoms with Gasteiger partial charge in [-0.05, 0) is 22.0 Å². The van der Waals surface area contributed by atoms with E-state index in [1.54, 1.807) is 0 Å². The van der Waals surface area contributed by atoms with Crippen molar-refractivity contribution in [2.24, 2.45) is 0 Å². The molecule has 0 aliphatic carbocycles. The van der Waals surface area contributed by atoms with E-state index >= 15 is 0 Å². The van der Waals surface area contributed by atoms with Gasteiger partial charge >= 0.3 is 0 Å². The molecule has 7 heteroatoms. The Hall–Kier alpha value is -0.470. The molecule has 0 bridgehead atoms. The monoisotopic (exact) mass is 347 g/mol. The normalized spacial score (nSPS) is 16.9. The highest BCUT2D eigenvalue weighted by molar-refractivity contribution is 9.10. The average Bonchev–Trinajstić information content (AvgIpc) is 2.63. The summed E-state index contributed by atoms with van der Waals surface area (Å²) in [5.41, 5.74) is 0. The molecule has 0 saturated carbocycles. The first-order valence-corrected chi connectivity index (χ1v) is 8.44. The van der Waals surface area contributed by atoms with E-state index in [1.165, 1.54) is 11.3 Å². The summed E-state index contributed by atoms with van der Waals surface area (Å²) < 4.78 is 34.0. The van der Waals surface area contributed by atoms with E-state index in [4.69, 9.17) is 4.74 Å². The quantitative estimate of drug-likeness (QED) is 0.926. The van der Waals surface area contributed by atoms with Crippen molar-refractivity contribution < 1.29 is 13.2 Å². The van der Waals surface area contributed by atoms with Crippen LogP contribution in [0.1, 0.15) is 0 Å². The number of rotatable bonds is 3. The second-order valence-electron chi connectivity index (χ2n) is 4.06. The number of nitrogens with one attached hydrogen (secondary N) is 1. The molecule has 1 aliphatic rings. The standard InChI is InChI=1S/C11H10BrNO3S2/c12-10-8-3-1-2-4-9(8)17-11(10)18(14,15)13-7-5-16-6-7/h1-4,7,13H,5-6H2. The summed E-state index contributed by atoms with van der Waals surface area (Å²) in [5, 5.41) is 0.924. The number of fused-ring (bicyclic) bond motifs is 1. The van der Waals surface area contributed by atoms with Gasteiger partial charge in [-0.25, -0.2) is 13.1 Å². The first-order valence-electron chi connectivity index (χ1n) is 5.35. The molecule has 1 aliphatic heterocycles. The predicted octanol–water partition coefficient (Wildman–Crippen LogP) is 2.34. The molecule has 0 radical (unpaired) electrons. The molecule has 2 aromatic rings. The van der Waals surface area contributed by atoms with Gasteiger partial charge in [-0.15, -0.1) is 11.3 Å². The number of hydrogen-bond acceptors (Lipinski definition) is 4. The lowest BCUT2D eigenvalue weighted by Crippen LogP contribution is -2.48. The van der Waals surface area contributed by atoms with Crippen molar-refractivity contribution >= 4 is 47.4 Å². The molecule has 4 nitrogen and oxygen atoms in total. The molecule has 0 spiro atoms. The van der Waals surface area contributed by atoms with Crippen molar-refractivity contribution in [3.8, 4) is 0 Å². The molecule has 18 heavy (non-hydrogen) atoms. The smallest absolute Gasteiger partial charge is 0.251 e. The van der Waals surface area contributed by atoms with Crippen molar-refractivity contribution in [2.75, 3.05) is 13.2 Å². The van der Waals surface area contributed by atoms with E-state index < -0.39 is 10.0 Å². The molecular weight excluding hydrogens is 338 g/mol. The molecule has 0 unspecified atom stereocenters. The van der Waals surface area contributed by atoms with Crippen molar-refractivity contribution in [1.29, 1.82) is 0 Å². The SMILES string of the molecule is O=S(=O)(NC1COC1)c1sc2ccccc2c1Br. The summed E-state index contributed by atoms with van der Waals surface area (Å²) in [5.74, 6) is 0. The fourth-order valence-corrected chi connectivity index (χ4v) is 5.81. The number of ether oxygens (including phenoxy) is 1. The van der Waals surface area contributed by atoms with Crippen LogP contribution in [0.3, 0.4) is 0 Å². The lowest BCUT2D eigenvalue weighted by molar-refractivity contribution is 0.00484. The van der Waals surface area contributed by atoms with E-state index in [0.717, 1.165) is 10.1 Å². The molecular formula is C11H10BrNO3S2. The first-order chi connectivity index (χ1) is 8.58. The van der Waals surface area contributed by atoms with Crippen LogP contribution in [-0.4, -0.2) is 27.7 Å². The van der Waals surface area contributed by atoms with Crippen molar-refractivity contribution in [2.45, 2.75) is 10.3 Å². The van der Waals surface area contributed by atoms with Crippen LogP contribution in [0, 0.1) is 0 Å².